The molecule has 23 heavy (non-hydrogen) atoms. The van der Waals surface area contributed by atoms with E-state index < -0.39 is 10.0 Å². The van der Waals surface area contributed by atoms with Crippen LogP contribution in [0.3, 0.4) is 0 Å². The van der Waals surface area contributed by atoms with Gasteiger partial charge < -0.3 is 4.90 Å². The number of halogens is 1. The number of sulfonamides is 1. The van der Waals surface area contributed by atoms with E-state index in [0.29, 0.717) is 16.7 Å². The zero-order valence-corrected chi connectivity index (χ0v) is 14.5. The summed E-state index contributed by atoms with van der Waals surface area (Å²) in [6, 6.07) is 10.1. The van der Waals surface area contributed by atoms with E-state index in [4.69, 9.17) is 0 Å². The number of rotatable bonds is 3. The van der Waals surface area contributed by atoms with Crippen molar-refractivity contribution in [2.24, 2.45) is 0 Å². The number of hydrogen-bond acceptors (Lipinski definition) is 4. The Hall–Kier alpha value is -1.77. The summed E-state index contributed by atoms with van der Waals surface area (Å²) in [5.41, 5.74) is 0.676. The Labute approximate surface area is 142 Å². The van der Waals surface area contributed by atoms with Crippen LogP contribution in [-0.4, -0.2) is 43.2 Å². The van der Waals surface area contributed by atoms with Crippen molar-refractivity contribution in [3.63, 3.8) is 0 Å². The lowest BCUT2D eigenvalue weighted by atomic mass is 10.3. The van der Waals surface area contributed by atoms with Gasteiger partial charge in [0.1, 0.15) is 0 Å². The van der Waals surface area contributed by atoms with Crippen LogP contribution in [0.4, 0.5) is 5.69 Å². The summed E-state index contributed by atoms with van der Waals surface area (Å²) >= 11 is 3.25. The number of pyridine rings is 1. The van der Waals surface area contributed by atoms with E-state index in [1.165, 1.54) is 10.4 Å². The molecule has 0 N–H and O–H groups in total. The Kier molecular flexibility index (Phi) is 4.47. The van der Waals surface area contributed by atoms with Crippen molar-refractivity contribution in [2.45, 2.75) is 4.90 Å². The number of hydrogen-bond donors (Lipinski definition) is 0. The van der Waals surface area contributed by atoms with E-state index in [9.17, 15) is 13.2 Å². The van der Waals surface area contributed by atoms with Crippen molar-refractivity contribution in [1.29, 1.82) is 0 Å². The van der Waals surface area contributed by atoms with Crippen molar-refractivity contribution in [3.8, 4) is 0 Å². The molecule has 2 aromatic rings. The summed E-state index contributed by atoms with van der Waals surface area (Å²) < 4.78 is 27.1. The molecule has 2 heterocycles. The maximum Gasteiger partial charge on any atom is 0.244 e. The minimum Gasteiger partial charge on any atom is -0.308 e. The second kappa shape index (κ2) is 6.38. The molecule has 120 valence electrons. The molecule has 1 fully saturated rings. The number of benzene rings is 1. The molecule has 1 aromatic carbocycles. The van der Waals surface area contributed by atoms with Gasteiger partial charge in [0.25, 0.3) is 0 Å². The number of carbonyl (C=O) groups is 1. The third-order valence-electron chi connectivity index (χ3n) is 3.60. The Morgan fingerprint density at radius 1 is 1.09 bits per heavy atom. The molecule has 0 radical (unpaired) electrons. The maximum absolute atomic E-state index is 12.7. The van der Waals surface area contributed by atoms with Crippen LogP contribution in [-0.2, 0) is 14.8 Å². The van der Waals surface area contributed by atoms with E-state index in [0.717, 1.165) is 0 Å². The lowest BCUT2D eigenvalue weighted by molar-refractivity contribution is -0.119. The van der Waals surface area contributed by atoms with Gasteiger partial charge in [-0.2, -0.15) is 4.31 Å². The Morgan fingerprint density at radius 2 is 1.87 bits per heavy atom. The molecule has 1 saturated heterocycles. The molecule has 0 aliphatic carbocycles. The maximum atomic E-state index is 12.7. The molecular formula is C15H14BrN3O3S. The molecule has 3 rings (SSSR count). The average Bonchev–Trinajstić information content (AvgIpc) is 2.56. The highest BCUT2D eigenvalue weighted by molar-refractivity contribution is 9.10. The van der Waals surface area contributed by atoms with Crippen LogP contribution >= 0.6 is 15.9 Å². The molecule has 1 aliphatic rings. The van der Waals surface area contributed by atoms with E-state index in [-0.39, 0.29) is 23.9 Å². The van der Waals surface area contributed by atoms with Gasteiger partial charge in [-0.25, -0.2) is 8.42 Å². The van der Waals surface area contributed by atoms with Gasteiger partial charge in [-0.3, -0.25) is 9.78 Å². The van der Waals surface area contributed by atoms with E-state index in [1.807, 2.05) is 0 Å². The first-order valence-electron chi connectivity index (χ1n) is 6.95. The number of nitrogens with zero attached hydrogens (tertiary/aromatic N) is 3. The summed E-state index contributed by atoms with van der Waals surface area (Å²) in [4.78, 5) is 18.1. The summed E-state index contributed by atoms with van der Waals surface area (Å²) in [7, 11) is -3.71. The quantitative estimate of drug-likeness (QED) is 0.795. The minimum absolute atomic E-state index is 0.169. The first kappa shape index (κ1) is 16.1. The molecule has 0 atom stereocenters. The first-order chi connectivity index (χ1) is 11.0. The van der Waals surface area contributed by atoms with Crippen molar-refractivity contribution < 1.29 is 13.2 Å². The fraction of sp³-hybridized carbons (Fsp3) is 0.200. The Morgan fingerprint density at radius 3 is 2.52 bits per heavy atom. The van der Waals surface area contributed by atoms with Crippen LogP contribution in [0, 0.1) is 0 Å². The molecule has 1 amide bonds. The van der Waals surface area contributed by atoms with E-state index in [2.05, 4.69) is 20.9 Å². The van der Waals surface area contributed by atoms with Crippen LogP contribution in [0.25, 0.3) is 0 Å². The highest BCUT2D eigenvalue weighted by atomic mass is 79.9. The number of anilines is 1. The average molecular weight is 396 g/mol. The van der Waals surface area contributed by atoms with Gasteiger partial charge in [0.15, 0.2) is 0 Å². The van der Waals surface area contributed by atoms with Gasteiger partial charge in [-0.05, 0) is 40.2 Å². The molecule has 0 spiro atoms. The topological polar surface area (TPSA) is 70.6 Å². The van der Waals surface area contributed by atoms with E-state index >= 15 is 0 Å². The van der Waals surface area contributed by atoms with Gasteiger partial charge in [-0.1, -0.05) is 12.1 Å². The number of amides is 1. The fourth-order valence-corrected chi connectivity index (χ4v) is 4.78. The zero-order chi connectivity index (χ0) is 16.4. The zero-order valence-electron chi connectivity index (χ0n) is 12.1. The van der Waals surface area contributed by atoms with Crippen LogP contribution < -0.4 is 4.90 Å². The monoisotopic (exact) mass is 395 g/mol. The fourth-order valence-electron chi connectivity index (χ4n) is 2.44. The summed E-state index contributed by atoms with van der Waals surface area (Å²) in [6.45, 7) is 0.358. The Bertz CT molecular complexity index is 827. The molecule has 0 saturated carbocycles. The van der Waals surface area contributed by atoms with Crippen molar-refractivity contribution in [3.05, 3.63) is 53.3 Å². The predicted octanol–water partition coefficient (Wildman–Crippen LogP) is 1.88. The van der Waals surface area contributed by atoms with Crippen LogP contribution in [0.15, 0.2) is 58.2 Å². The molecule has 1 aromatic heterocycles. The van der Waals surface area contributed by atoms with Gasteiger partial charge >= 0.3 is 0 Å². The normalized spacial score (nSPS) is 16.6. The minimum atomic E-state index is -3.71. The smallest absolute Gasteiger partial charge is 0.244 e. The number of aromatic nitrogens is 1. The molecule has 6 nitrogen and oxygen atoms in total. The highest BCUT2D eigenvalue weighted by Crippen LogP contribution is 2.26. The van der Waals surface area contributed by atoms with Gasteiger partial charge in [-0.15, -0.1) is 0 Å². The molecule has 1 aliphatic heterocycles. The second-order valence-electron chi connectivity index (χ2n) is 5.03. The molecular weight excluding hydrogens is 382 g/mol. The van der Waals surface area contributed by atoms with Gasteiger partial charge in [0, 0.05) is 23.8 Å². The van der Waals surface area contributed by atoms with Gasteiger partial charge in [0.05, 0.1) is 23.3 Å². The van der Waals surface area contributed by atoms with E-state index in [1.54, 1.807) is 47.6 Å². The van der Waals surface area contributed by atoms with Crippen LogP contribution in [0.2, 0.25) is 0 Å². The molecule has 8 heteroatoms. The highest BCUT2D eigenvalue weighted by Gasteiger charge is 2.34. The van der Waals surface area contributed by atoms with Crippen LogP contribution in [0.5, 0.6) is 0 Å². The molecule has 0 bridgehead atoms. The summed E-state index contributed by atoms with van der Waals surface area (Å²) in [5.74, 6) is -0.264. The largest absolute Gasteiger partial charge is 0.308 e. The third-order valence-corrected chi connectivity index (χ3v) is 6.46. The lowest BCUT2D eigenvalue weighted by Crippen LogP contribution is -2.52. The number of carbonyl (C=O) groups excluding carboxylic acids is 1. The van der Waals surface area contributed by atoms with Gasteiger partial charge in [0.2, 0.25) is 15.9 Å². The predicted molar refractivity (Wildman–Crippen MR) is 89.5 cm³/mol. The lowest BCUT2D eigenvalue weighted by Gasteiger charge is -2.33. The third kappa shape index (κ3) is 3.15. The second-order valence-corrected chi connectivity index (χ2v) is 7.79. The van der Waals surface area contributed by atoms with Crippen molar-refractivity contribution >= 4 is 37.5 Å². The first-order valence-corrected chi connectivity index (χ1v) is 9.18. The van der Waals surface area contributed by atoms with Crippen LogP contribution in [0.1, 0.15) is 0 Å². The molecule has 0 unspecified atom stereocenters. The van der Waals surface area contributed by atoms with Crippen molar-refractivity contribution in [1.82, 2.24) is 9.29 Å². The summed E-state index contributed by atoms with van der Waals surface area (Å²) in [5, 5.41) is 0. The number of piperazine rings is 1. The SMILES string of the molecule is O=C1CN(S(=O)(=O)c2ccccc2Br)CCN1c1cccnc1. The Balaban J connectivity index is 1.83. The van der Waals surface area contributed by atoms with Crippen molar-refractivity contribution in [2.75, 3.05) is 24.5 Å². The standard InChI is InChI=1S/C15H14BrN3O3S/c16-13-5-1-2-6-14(13)23(21,22)18-8-9-19(15(20)11-18)12-4-3-7-17-10-12/h1-7,10H,8-9,11H2. The summed E-state index contributed by atoms with van der Waals surface area (Å²) in [6.07, 6.45) is 3.22.